The van der Waals surface area contributed by atoms with Crippen LogP contribution in [0.4, 0.5) is 5.69 Å². The van der Waals surface area contributed by atoms with Crippen LogP contribution in [0.2, 0.25) is 0 Å². The Bertz CT molecular complexity index is 925. The first-order valence-electron chi connectivity index (χ1n) is 12.1. The Kier molecular flexibility index (Phi) is 7.20. The van der Waals surface area contributed by atoms with E-state index in [4.69, 9.17) is 0 Å². The van der Waals surface area contributed by atoms with Gasteiger partial charge in [0.25, 0.3) is 0 Å². The number of carbonyl (C=O) groups is 2. The largest absolute Gasteiger partial charge is 0.339 e. The maximum Gasteiger partial charge on any atom is 0.243 e. The summed E-state index contributed by atoms with van der Waals surface area (Å²) < 4.78 is 27.9. The molecule has 0 radical (unpaired) electrons. The third kappa shape index (κ3) is 4.86. The molecule has 2 saturated heterocycles. The summed E-state index contributed by atoms with van der Waals surface area (Å²) in [4.78, 5) is 27.4. The predicted octanol–water partition coefficient (Wildman–Crippen LogP) is 3.76. The molecule has 2 aliphatic heterocycles. The second-order valence-corrected chi connectivity index (χ2v) is 11.3. The molecule has 2 amide bonds. The summed E-state index contributed by atoms with van der Waals surface area (Å²) >= 11 is 0. The van der Waals surface area contributed by atoms with E-state index in [1.54, 1.807) is 28.6 Å². The average Bonchev–Trinajstić information content (AvgIpc) is 3.21. The summed E-state index contributed by atoms with van der Waals surface area (Å²) in [5.74, 6) is -0.452. The number of amides is 2. The van der Waals surface area contributed by atoms with Gasteiger partial charge in [0.1, 0.15) is 0 Å². The predicted molar refractivity (Wildman–Crippen MR) is 124 cm³/mol. The molecule has 7 nitrogen and oxygen atoms in total. The zero-order chi connectivity index (χ0) is 22.7. The Morgan fingerprint density at radius 2 is 1.72 bits per heavy atom. The summed E-state index contributed by atoms with van der Waals surface area (Å²) in [7, 11) is -3.54. The number of sulfonamides is 1. The highest BCUT2D eigenvalue weighted by Crippen LogP contribution is 2.30. The number of likely N-dealkylation sites (tertiary alicyclic amines) is 1. The number of benzene rings is 1. The molecule has 1 aliphatic carbocycles. The van der Waals surface area contributed by atoms with Crippen LogP contribution >= 0.6 is 0 Å². The summed E-state index contributed by atoms with van der Waals surface area (Å²) in [6, 6.07) is 6.76. The molecule has 1 saturated carbocycles. The number of hydrogen-bond acceptors (Lipinski definition) is 4. The number of anilines is 1. The van der Waals surface area contributed by atoms with Gasteiger partial charge in [-0.3, -0.25) is 9.59 Å². The van der Waals surface area contributed by atoms with Gasteiger partial charge in [-0.1, -0.05) is 32.6 Å². The lowest BCUT2D eigenvalue weighted by Gasteiger charge is -2.34. The van der Waals surface area contributed by atoms with E-state index in [0.717, 1.165) is 51.4 Å². The second kappa shape index (κ2) is 9.91. The summed E-state index contributed by atoms with van der Waals surface area (Å²) in [6.07, 6.45) is 9.52. The van der Waals surface area contributed by atoms with Crippen molar-refractivity contribution in [3.8, 4) is 0 Å². The van der Waals surface area contributed by atoms with Crippen molar-refractivity contribution in [3.63, 3.8) is 0 Å². The number of nitrogens with zero attached hydrogens (tertiary/aromatic N) is 2. The van der Waals surface area contributed by atoms with Crippen molar-refractivity contribution in [2.24, 2.45) is 5.92 Å². The van der Waals surface area contributed by atoms with E-state index in [1.165, 1.54) is 6.42 Å². The first kappa shape index (κ1) is 23.2. The normalized spacial score (nSPS) is 25.8. The van der Waals surface area contributed by atoms with Gasteiger partial charge < -0.3 is 10.2 Å². The standard InChI is InChI=1S/C24H35N3O4S/c1-2-20-8-6-7-15-27(20)32(30,31)22-13-11-19(12-14-22)25-24(29)18-16-23(28)26(17-18)21-9-4-3-5-10-21/h11-14,18,20-21H,2-10,15-17H2,1H3,(H,25,29)/t18-,20+/m0/s1. The summed E-state index contributed by atoms with van der Waals surface area (Å²) in [5, 5.41) is 2.88. The molecule has 1 N–H and O–H groups in total. The van der Waals surface area contributed by atoms with Gasteiger partial charge >= 0.3 is 0 Å². The first-order chi connectivity index (χ1) is 15.4. The van der Waals surface area contributed by atoms with Gasteiger partial charge in [0.2, 0.25) is 21.8 Å². The minimum absolute atomic E-state index is 0.0557. The fourth-order valence-corrected chi connectivity index (χ4v) is 7.21. The fraction of sp³-hybridized carbons (Fsp3) is 0.667. The molecule has 0 unspecified atom stereocenters. The Morgan fingerprint density at radius 3 is 2.41 bits per heavy atom. The number of carbonyl (C=O) groups excluding carboxylic acids is 2. The van der Waals surface area contributed by atoms with Crippen LogP contribution in [0, 0.1) is 5.92 Å². The van der Waals surface area contributed by atoms with Crippen molar-refractivity contribution in [1.29, 1.82) is 0 Å². The van der Waals surface area contributed by atoms with Gasteiger partial charge in [-0.15, -0.1) is 0 Å². The van der Waals surface area contributed by atoms with Crippen LogP contribution in [0.5, 0.6) is 0 Å². The third-order valence-corrected chi connectivity index (χ3v) is 9.28. The van der Waals surface area contributed by atoms with E-state index in [9.17, 15) is 18.0 Å². The van der Waals surface area contributed by atoms with E-state index in [2.05, 4.69) is 5.32 Å². The Labute approximate surface area is 191 Å². The molecule has 0 bridgehead atoms. The molecule has 32 heavy (non-hydrogen) atoms. The molecule has 8 heteroatoms. The lowest BCUT2D eigenvalue weighted by Crippen LogP contribution is -2.43. The quantitative estimate of drug-likeness (QED) is 0.699. The van der Waals surface area contributed by atoms with Crippen LogP contribution in [0.1, 0.15) is 71.1 Å². The minimum atomic E-state index is -3.54. The molecule has 1 aromatic rings. The smallest absolute Gasteiger partial charge is 0.243 e. The Hall–Kier alpha value is -1.93. The van der Waals surface area contributed by atoms with Crippen molar-refractivity contribution in [2.75, 3.05) is 18.4 Å². The molecule has 176 valence electrons. The molecule has 0 spiro atoms. The Balaban J connectivity index is 1.38. The van der Waals surface area contributed by atoms with E-state index >= 15 is 0 Å². The van der Waals surface area contributed by atoms with Crippen LogP contribution in [0.15, 0.2) is 29.2 Å². The van der Waals surface area contributed by atoms with Gasteiger partial charge in [0.15, 0.2) is 0 Å². The molecule has 3 fully saturated rings. The summed E-state index contributed by atoms with van der Waals surface area (Å²) in [5.41, 5.74) is 0.559. The molecule has 4 rings (SSSR count). The van der Waals surface area contributed by atoms with E-state index in [0.29, 0.717) is 18.8 Å². The maximum absolute atomic E-state index is 13.1. The van der Waals surface area contributed by atoms with Crippen LogP contribution in [0.25, 0.3) is 0 Å². The fourth-order valence-electron chi connectivity index (χ4n) is 5.44. The number of hydrogen-bond donors (Lipinski definition) is 1. The zero-order valence-electron chi connectivity index (χ0n) is 19.0. The van der Waals surface area contributed by atoms with Gasteiger partial charge in [-0.2, -0.15) is 4.31 Å². The monoisotopic (exact) mass is 461 g/mol. The lowest BCUT2D eigenvalue weighted by molar-refractivity contribution is -0.130. The average molecular weight is 462 g/mol. The minimum Gasteiger partial charge on any atom is -0.339 e. The molecule has 3 aliphatic rings. The van der Waals surface area contributed by atoms with Crippen LogP contribution < -0.4 is 5.32 Å². The second-order valence-electron chi connectivity index (χ2n) is 9.43. The van der Waals surface area contributed by atoms with Crippen molar-refractivity contribution in [1.82, 2.24) is 9.21 Å². The van der Waals surface area contributed by atoms with Gasteiger partial charge in [0.05, 0.1) is 10.8 Å². The molecule has 1 aromatic carbocycles. The molecule has 0 aromatic heterocycles. The highest BCUT2D eigenvalue weighted by molar-refractivity contribution is 7.89. The van der Waals surface area contributed by atoms with E-state index in [1.807, 2.05) is 11.8 Å². The zero-order valence-corrected chi connectivity index (χ0v) is 19.8. The van der Waals surface area contributed by atoms with Gasteiger partial charge in [-0.05, 0) is 56.4 Å². The highest BCUT2D eigenvalue weighted by atomic mass is 32.2. The van der Waals surface area contributed by atoms with Crippen molar-refractivity contribution in [3.05, 3.63) is 24.3 Å². The number of piperidine rings is 1. The van der Waals surface area contributed by atoms with Crippen LogP contribution in [-0.2, 0) is 19.6 Å². The molecular formula is C24H35N3O4S. The highest BCUT2D eigenvalue weighted by Gasteiger charge is 2.38. The maximum atomic E-state index is 13.1. The molecule has 2 heterocycles. The van der Waals surface area contributed by atoms with Crippen molar-refractivity contribution in [2.45, 2.75) is 88.1 Å². The lowest BCUT2D eigenvalue weighted by atomic mass is 9.94. The number of nitrogens with one attached hydrogen (secondary N) is 1. The SMILES string of the molecule is CC[C@@H]1CCCCN1S(=O)(=O)c1ccc(NC(=O)[C@H]2CC(=O)N(C3CCCCC3)C2)cc1. The Morgan fingerprint density at radius 1 is 1.03 bits per heavy atom. The van der Waals surface area contributed by atoms with Crippen molar-refractivity contribution >= 4 is 27.5 Å². The van der Waals surface area contributed by atoms with Crippen LogP contribution in [0.3, 0.4) is 0 Å². The van der Waals surface area contributed by atoms with E-state index in [-0.39, 0.29) is 41.1 Å². The van der Waals surface area contributed by atoms with Gasteiger partial charge in [0, 0.05) is 37.3 Å². The topological polar surface area (TPSA) is 86.8 Å². The third-order valence-electron chi connectivity index (χ3n) is 7.32. The van der Waals surface area contributed by atoms with Crippen molar-refractivity contribution < 1.29 is 18.0 Å². The van der Waals surface area contributed by atoms with E-state index < -0.39 is 10.0 Å². The molecule has 2 atom stereocenters. The number of rotatable bonds is 6. The molecular weight excluding hydrogens is 426 g/mol. The summed E-state index contributed by atoms with van der Waals surface area (Å²) in [6.45, 7) is 3.07. The van der Waals surface area contributed by atoms with Crippen LogP contribution in [-0.4, -0.2) is 54.6 Å². The van der Waals surface area contributed by atoms with Gasteiger partial charge in [-0.25, -0.2) is 8.42 Å². The first-order valence-corrected chi connectivity index (χ1v) is 13.6.